The summed E-state index contributed by atoms with van der Waals surface area (Å²) in [6.07, 6.45) is 0. The van der Waals surface area contributed by atoms with Gasteiger partial charge in [0.15, 0.2) is 0 Å². The largest absolute Gasteiger partial charge is 0.459 e. The van der Waals surface area contributed by atoms with E-state index in [9.17, 15) is 4.79 Å². The highest BCUT2D eigenvalue weighted by Crippen LogP contribution is 2.19. The van der Waals surface area contributed by atoms with E-state index in [4.69, 9.17) is 9.15 Å². The quantitative estimate of drug-likeness (QED) is 0.635. The Labute approximate surface area is 95.1 Å². The number of hydrogen-bond acceptors (Lipinski definition) is 3. The number of rotatable bonds is 3. The third-order valence-corrected chi connectivity index (χ3v) is 2.26. The molecule has 0 saturated carbocycles. The van der Waals surface area contributed by atoms with Crippen LogP contribution in [0.15, 0.2) is 34.7 Å². The molecule has 0 bridgehead atoms. The van der Waals surface area contributed by atoms with E-state index < -0.39 is 5.97 Å². The molecular formula is C11H9BrO3. The molecule has 0 saturated heterocycles. The van der Waals surface area contributed by atoms with Crippen LogP contribution in [0, 0.1) is 0 Å². The van der Waals surface area contributed by atoms with Crippen molar-refractivity contribution in [2.24, 2.45) is 0 Å². The Bertz CT molecular complexity index is 442. The highest BCUT2D eigenvalue weighted by atomic mass is 79.9. The van der Waals surface area contributed by atoms with Gasteiger partial charge in [-0.2, -0.15) is 0 Å². The molecule has 0 aliphatic carbocycles. The van der Waals surface area contributed by atoms with Crippen molar-refractivity contribution in [2.75, 3.05) is 11.9 Å². The number of hydrogen-bond donors (Lipinski definition) is 0. The van der Waals surface area contributed by atoms with Gasteiger partial charge in [-0.15, -0.1) is 0 Å². The topological polar surface area (TPSA) is 39.4 Å². The molecule has 0 radical (unpaired) electrons. The molecule has 2 rings (SSSR count). The van der Waals surface area contributed by atoms with E-state index in [0.717, 1.165) is 5.39 Å². The summed E-state index contributed by atoms with van der Waals surface area (Å²) in [7, 11) is 0. The Morgan fingerprint density at radius 2 is 2.20 bits per heavy atom. The van der Waals surface area contributed by atoms with Gasteiger partial charge in [-0.1, -0.05) is 34.1 Å². The van der Waals surface area contributed by atoms with Crippen LogP contribution in [0.3, 0.4) is 0 Å². The van der Waals surface area contributed by atoms with Crippen LogP contribution in [-0.2, 0) is 4.74 Å². The van der Waals surface area contributed by atoms with Gasteiger partial charge < -0.3 is 9.15 Å². The molecule has 1 aromatic carbocycles. The summed E-state index contributed by atoms with van der Waals surface area (Å²) in [5.41, 5.74) is 0.697. The smallest absolute Gasteiger partial charge is 0.374 e. The van der Waals surface area contributed by atoms with Crippen molar-refractivity contribution in [3.63, 3.8) is 0 Å². The van der Waals surface area contributed by atoms with E-state index in [0.29, 0.717) is 17.5 Å². The van der Waals surface area contributed by atoms with Gasteiger partial charge in [-0.3, -0.25) is 0 Å². The molecule has 0 aliphatic rings. The second-order valence-electron chi connectivity index (χ2n) is 2.97. The number of para-hydroxylation sites is 1. The highest BCUT2D eigenvalue weighted by molar-refractivity contribution is 9.09. The summed E-state index contributed by atoms with van der Waals surface area (Å²) in [5, 5.41) is 1.53. The second-order valence-corrected chi connectivity index (χ2v) is 3.77. The van der Waals surface area contributed by atoms with Gasteiger partial charge in [0.1, 0.15) is 12.2 Å². The van der Waals surface area contributed by atoms with Crippen molar-refractivity contribution >= 4 is 32.9 Å². The van der Waals surface area contributed by atoms with Gasteiger partial charge in [0, 0.05) is 10.7 Å². The molecule has 0 atom stereocenters. The van der Waals surface area contributed by atoms with E-state index in [1.54, 1.807) is 6.07 Å². The lowest BCUT2D eigenvalue weighted by Gasteiger charge is -1.97. The Kier molecular flexibility index (Phi) is 3.06. The molecule has 2 aromatic rings. The number of alkyl halides is 1. The molecule has 0 unspecified atom stereocenters. The van der Waals surface area contributed by atoms with Crippen molar-refractivity contribution in [3.8, 4) is 0 Å². The molecule has 0 N–H and O–H groups in total. The Balaban J connectivity index is 2.25. The molecule has 0 aliphatic heterocycles. The predicted molar refractivity (Wildman–Crippen MR) is 60.3 cm³/mol. The summed E-state index contributed by atoms with van der Waals surface area (Å²) in [5.74, 6) is -0.178. The standard InChI is InChI=1S/C11H9BrO3/c12-5-6-14-11(13)10-7-8-3-1-2-4-9(8)15-10/h1-4,7H,5-6H2. The average Bonchev–Trinajstić information content (AvgIpc) is 2.69. The lowest BCUT2D eigenvalue weighted by Crippen LogP contribution is -2.05. The normalized spacial score (nSPS) is 10.5. The van der Waals surface area contributed by atoms with E-state index in [1.165, 1.54) is 0 Å². The first-order valence-electron chi connectivity index (χ1n) is 4.53. The molecule has 0 fully saturated rings. The zero-order valence-corrected chi connectivity index (χ0v) is 9.49. The Morgan fingerprint density at radius 1 is 1.40 bits per heavy atom. The summed E-state index contributed by atoms with van der Waals surface area (Å²) in [4.78, 5) is 11.4. The molecule has 78 valence electrons. The number of furan rings is 1. The van der Waals surface area contributed by atoms with Crippen LogP contribution in [0.5, 0.6) is 0 Å². The van der Waals surface area contributed by atoms with E-state index >= 15 is 0 Å². The van der Waals surface area contributed by atoms with Gasteiger partial charge >= 0.3 is 5.97 Å². The molecule has 3 nitrogen and oxygen atoms in total. The predicted octanol–water partition coefficient (Wildman–Crippen LogP) is 2.98. The molecule has 0 amide bonds. The maximum atomic E-state index is 11.4. The van der Waals surface area contributed by atoms with Crippen molar-refractivity contribution in [1.82, 2.24) is 0 Å². The van der Waals surface area contributed by atoms with Crippen LogP contribution in [0.25, 0.3) is 11.0 Å². The number of fused-ring (bicyclic) bond motifs is 1. The van der Waals surface area contributed by atoms with E-state index in [-0.39, 0.29) is 5.76 Å². The fourth-order valence-corrected chi connectivity index (χ4v) is 1.45. The number of esters is 1. The second kappa shape index (κ2) is 4.49. The summed E-state index contributed by atoms with van der Waals surface area (Å²) in [6, 6.07) is 9.15. The van der Waals surface area contributed by atoms with E-state index in [2.05, 4.69) is 15.9 Å². The van der Waals surface area contributed by atoms with Gasteiger partial charge in [0.05, 0.1) is 0 Å². The first kappa shape index (κ1) is 10.2. The summed E-state index contributed by atoms with van der Waals surface area (Å²) >= 11 is 3.18. The molecule has 1 aromatic heterocycles. The Hall–Kier alpha value is -1.29. The lowest BCUT2D eigenvalue weighted by atomic mass is 10.2. The fourth-order valence-electron chi connectivity index (χ4n) is 1.28. The SMILES string of the molecule is O=C(OCCBr)c1cc2ccccc2o1. The van der Waals surface area contributed by atoms with Crippen LogP contribution in [0.2, 0.25) is 0 Å². The number of ether oxygens (including phenoxy) is 1. The molecule has 0 spiro atoms. The van der Waals surface area contributed by atoms with Gasteiger partial charge in [-0.25, -0.2) is 4.79 Å². The summed E-state index contributed by atoms with van der Waals surface area (Å²) in [6.45, 7) is 0.343. The molecular weight excluding hydrogens is 260 g/mol. The minimum atomic E-state index is -0.425. The zero-order chi connectivity index (χ0) is 10.7. The Morgan fingerprint density at radius 3 is 2.93 bits per heavy atom. The number of halogens is 1. The minimum Gasteiger partial charge on any atom is -0.459 e. The number of carbonyl (C=O) groups is 1. The van der Waals surface area contributed by atoms with Crippen LogP contribution >= 0.6 is 15.9 Å². The summed E-state index contributed by atoms with van der Waals surface area (Å²) < 4.78 is 10.3. The monoisotopic (exact) mass is 268 g/mol. The number of benzene rings is 1. The lowest BCUT2D eigenvalue weighted by molar-refractivity contribution is 0.0497. The van der Waals surface area contributed by atoms with Crippen molar-refractivity contribution in [2.45, 2.75) is 0 Å². The maximum absolute atomic E-state index is 11.4. The van der Waals surface area contributed by atoms with Crippen LogP contribution in [0.1, 0.15) is 10.6 Å². The zero-order valence-electron chi connectivity index (χ0n) is 7.90. The van der Waals surface area contributed by atoms with E-state index in [1.807, 2.05) is 24.3 Å². The third-order valence-electron chi connectivity index (χ3n) is 1.94. The van der Waals surface area contributed by atoms with Crippen molar-refractivity contribution < 1.29 is 13.9 Å². The first-order chi connectivity index (χ1) is 7.31. The van der Waals surface area contributed by atoms with Crippen molar-refractivity contribution in [1.29, 1.82) is 0 Å². The first-order valence-corrected chi connectivity index (χ1v) is 5.65. The third kappa shape index (κ3) is 2.21. The fraction of sp³-hybridized carbons (Fsp3) is 0.182. The highest BCUT2D eigenvalue weighted by Gasteiger charge is 2.12. The molecule has 15 heavy (non-hydrogen) atoms. The van der Waals surface area contributed by atoms with Gasteiger partial charge in [0.25, 0.3) is 0 Å². The molecule has 4 heteroatoms. The number of carbonyl (C=O) groups excluding carboxylic acids is 1. The van der Waals surface area contributed by atoms with Gasteiger partial charge in [0.2, 0.25) is 5.76 Å². The van der Waals surface area contributed by atoms with Crippen molar-refractivity contribution in [3.05, 3.63) is 36.1 Å². The van der Waals surface area contributed by atoms with Crippen LogP contribution < -0.4 is 0 Å². The van der Waals surface area contributed by atoms with Crippen LogP contribution in [-0.4, -0.2) is 17.9 Å². The average molecular weight is 269 g/mol. The van der Waals surface area contributed by atoms with Crippen LogP contribution in [0.4, 0.5) is 0 Å². The molecule has 1 heterocycles. The van der Waals surface area contributed by atoms with Gasteiger partial charge in [-0.05, 0) is 12.1 Å². The minimum absolute atomic E-state index is 0.247. The maximum Gasteiger partial charge on any atom is 0.374 e.